The highest BCUT2D eigenvalue weighted by molar-refractivity contribution is 6.39. The van der Waals surface area contributed by atoms with Crippen LogP contribution in [0.3, 0.4) is 0 Å². The molecule has 4 rings (SSSR count). The van der Waals surface area contributed by atoms with E-state index in [1.807, 2.05) is 10.6 Å². The number of aromatic nitrogens is 1. The second kappa shape index (κ2) is 7.54. The first-order valence-corrected chi connectivity index (χ1v) is 9.59. The Morgan fingerprint density at radius 2 is 1.76 bits per heavy atom. The molecule has 3 heterocycles. The van der Waals surface area contributed by atoms with E-state index in [2.05, 4.69) is 10.6 Å². The van der Waals surface area contributed by atoms with E-state index in [4.69, 9.17) is 0 Å². The molecule has 2 aliphatic heterocycles. The standard InChI is InChI=1S/C21H22N4O4/c1-22-19(27)20(28)23-16-6-3-2-5-15(16)21(29)24-10-13-9-14(12-24)17-7-4-8-18(26)25(17)11-13/h2-8,13-14H,9-12H2,1H3,(H,22,27)(H,23,28)/t13-,14+/m1/s1. The van der Waals surface area contributed by atoms with E-state index in [1.54, 1.807) is 41.3 Å². The lowest BCUT2D eigenvalue weighted by Gasteiger charge is -2.42. The Balaban J connectivity index is 1.58. The van der Waals surface area contributed by atoms with Crippen LogP contribution in [0.25, 0.3) is 0 Å². The summed E-state index contributed by atoms with van der Waals surface area (Å²) < 4.78 is 1.82. The maximum Gasteiger partial charge on any atom is 0.313 e. The monoisotopic (exact) mass is 394 g/mol. The molecule has 8 nitrogen and oxygen atoms in total. The largest absolute Gasteiger partial charge is 0.351 e. The summed E-state index contributed by atoms with van der Waals surface area (Å²) in [6, 6.07) is 12.0. The molecule has 3 amide bonds. The quantitative estimate of drug-likeness (QED) is 0.736. The van der Waals surface area contributed by atoms with Gasteiger partial charge in [0.25, 0.3) is 11.5 Å². The van der Waals surface area contributed by atoms with E-state index in [0.717, 1.165) is 12.1 Å². The summed E-state index contributed by atoms with van der Waals surface area (Å²) in [5, 5.41) is 4.77. The van der Waals surface area contributed by atoms with Gasteiger partial charge in [0, 0.05) is 44.4 Å². The molecule has 0 spiro atoms. The highest BCUT2D eigenvalue weighted by Crippen LogP contribution is 2.35. The van der Waals surface area contributed by atoms with Crippen LogP contribution in [-0.2, 0) is 16.1 Å². The minimum Gasteiger partial charge on any atom is -0.351 e. The van der Waals surface area contributed by atoms with Crippen molar-refractivity contribution in [3.8, 4) is 0 Å². The Labute approximate surface area is 167 Å². The molecule has 2 atom stereocenters. The molecule has 29 heavy (non-hydrogen) atoms. The van der Waals surface area contributed by atoms with Gasteiger partial charge in [-0.1, -0.05) is 18.2 Å². The van der Waals surface area contributed by atoms with Crippen LogP contribution in [0.2, 0.25) is 0 Å². The number of hydrogen-bond acceptors (Lipinski definition) is 4. The molecule has 150 valence electrons. The summed E-state index contributed by atoms with van der Waals surface area (Å²) in [5.74, 6) is -1.48. The third-order valence-electron chi connectivity index (χ3n) is 5.61. The molecule has 0 aliphatic carbocycles. The van der Waals surface area contributed by atoms with Crippen molar-refractivity contribution < 1.29 is 14.4 Å². The summed E-state index contributed by atoms with van der Waals surface area (Å²) in [6.07, 6.45) is 0.947. The number of anilines is 1. The molecule has 1 aromatic carbocycles. The highest BCUT2D eigenvalue weighted by Gasteiger charge is 2.37. The van der Waals surface area contributed by atoms with Crippen molar-refractivity contribution in [1.29, 1.82) is 0 Å². The fraction of sp³-hybridized carbons (Fsp3) is 0.333. The Morgan fingerprint density at radius 3 is 2.55 bits per heavy atom. The van der Waals surface area contributed by atoms with Crippen LogP contribution >= 0.6 is 0 Å². The van der Waals surface area contributed by atoms with Gasteiger partial charge in [0.2, 0.25) is 0 Å². The van der Waals surface area contributed by atoms with E-state index in [-0.39, 0.29) is 23.3 Å². The van der Waals surface area contributed by atoms with Crippen molar-refractivity contribution in [3.05, 3.63) is 64.1 Å². The molecule has 2 N–H and O–H groups in total. The van der Waals surface area contributed by atoms with Gasteiger partial charge in [-0.05, 0) is 30.5 Å². The number of nitrogens with one attached hydrogen (secondary N) is 2. The Morgan fingerprint density at radius 1 is 0.966 bits per heavy atom. The van der Waals surface area contributed by atoms with E-state index in [1.165, 1.54) is 7.05 Å². The Bertz CT molecular complexity index is 1040. The fourth-order valence-electron chi connectivity index (χ4n) is 4.30. The summed E-state index contributed by atoms with van der Waals surface area (Å²) in [7, 11) is 1.37. The maximum absolute atomic E-state index is 13.3. The molecular weight excluding hydrogens is 372 g/mol. The van der Waals surface area contributed by atoms with Gasteiger partial charge < -0.3 is 20.1 Å². The zero-order valence-electron chi connectivity index (χ0n) is 16.1. The second-order valence-corrected chi connectivity index (χ2v) is 7.49. The predicted octanol–water partition coefficient (Wildman–Crippen LogP) is 0.792. The molecule has 2 aliphatic rings. The van der Waals surface area contributed by atoms with Crippen LogP contribution in [0.5, 0.6) is 0 Å². The number of pyridine rings is 1. The lowest BCUT2D eigenvalue weighted by Crippen LogP contribution is -2.49. The predicted molar refractivity (Wildman–Crippen MR) is 107 cm³/mol. The molecule has 0 saturated carbocycles. The van der Waals surface area contributed by atoms with Crippen molar-refractivity contribution in [1.82, 2.24) is 14.8 Å². The average Bonchev–Trinajstić information content (AvgIpc) is 2.73. The molecule has 8 heteroatoms. The smallest absolute Gasteiger partial charge is 0.313 e. The first-order valence-electron chi connectivity index (χ1n) is 9.59. The Kier molecular flexibility index (Phi) is 4.92. The maximum atomic E-state index is 13.3. The molecule has 1 aromatic heterocycles. The number of benzene rings is 1. The number of carbonyl (C=O) groups is 3. The number of hydrogen-bond donors (Lipinski definition) is 2. The third-order valence-corrected chi connectivity index (χ3v) is 5.61. The SMILES string of the molecule is CNC(=O)C(=O)Nc1ccccc1C(=O)N1C[C@H]2C[C@@H](C1)c1cccc(=O)n1C2. The van der Waals surface area contributed by atoms with Crippen molar-refractivity contribution in [2.75, 3.05) is 25.5 Å². The number of nitrogens with zero attached hydrogens (tertiary/aromatic N) is 2. The van der Waals surface area contributed by atoms with Crippen LogP contribution in [0.4, 0.5) is 5.69 Å². The summed E-state index contributed by atoms with van der Waals surface area (Å²) in [5.41, 5.74) is 1.61. The lowest BCUT2D eigenvalue weighted by molar-refractivity contribution is -0.135. The number of carbonyl (C=O) groups excluding carboxylic acids is 3. The van der Waals surface area contributed by atoms with Gasteiger partial charge in [0.1, 0.15) is 0 Å². The van der Waals surface area contributed by atoms with Gasteiger partial charge in [-0.2, -0.15) is 0 Å². The normalized spacial score (nSPS) is 19.8. The average molecular weight is 394 g/mol. The molecule has 1 saturated heterocycles. The van der Waals surface area contributed by atoms with E-state index < -0.39 is 11.8 Å². The highest BCUT2D eigenvalue weighted by atomic mass is 16.2. The zero-order valence-corrected chi connectivity index (χ0v) is 16.1. The van der Waals surface area contributed by atoms with Crippen LogP contribution < -0.4 is 16.2 Å². The zero-order chi connectivity index (χ0) is 20.5. The third kappa shape index (κ3) is 3.53. The number of para-hydroxylation sites is 1. The van der Waals surface area contributed by atoms with Gasteiger partial charge in [-0.3, -0.25) is 19.2 Å². The van der Waals surface area contributed by atoms with Gasteiger partial charge in [0.05, 0.1) is 11.3 Å². The van der Waals surface area contributed by atoms with Gasteiger partial charge >= 0.3 is 11.8 Å². The number of fused-ring (bicyclic) bond motifs is 4. The lowest BCUT2D eigenvalue weighted by atomic mass is 9.83. The van der Waals surface area contributed by atoms with Crippen molar-refractivity contribution in [3.63, 3.8) is 0 Å². The topological polar surface area (TPSA) is 101 Å². The van der Waals surface area contributed by atoms with Gasteiger partial charge in [-0.25, -0.2) is 0 Å². The number of amides is 3. The first kappa shape index (κ1) is 18.9. The fourth-order valence-corrected chi connectivity index (χ4v) is 4.30. The Hall–Kier alpha value is -3.42. The summed E-state index contributed by atoms with van der Waals surface area (Å²) in [4.78, 5) is 50.7. The van der Waals surface area contributed by atoms with Crippen molar-refractivity contribution >= 4 is 23.4 Å². The van der Waals surface area contributed by atoms with E-state index >= 15 is 0 Å². The van der Waals surface area contributed by atoms with Crippen LogP contribution in [0.15, 0.2) is 47.3 Å². The molecular formula is C21H22N4O4. The van der Waals surface area contributed by atoms with Crippen molar-refractivity contribution in [2.45, 2.75) is 18.9 Å². The molecule has 0 unspecified atom stereocenters. The minimum absolute atomic E-state index is 0.000708. The number of likely N-dealkylation sites (tertiary alicyclic amines) is 1. The van der Waals surface area contributed by atoms with Crippen LogP contribution in [0.1, 0.15) is 28.4 Å². The van der Waals surface area contributed by atoms with Gasteiger partial charge in [0.15, 0.2) is 0 Å². The van der Waals surface area contributed by atoms with E-state index in [9.17, 15) is 19.2 Å². The first-order chi connectivity index (χ1) is 14.0. The summed E-state index contributed by atoms with van der Waals surface area (Å²) >= 11 is 0. The molecule has 2 aromatic rings. The molecule has 1 fully saturated rings. The minimum atomic E-state index is -0.823. The second-order valence-electron chi connectivity index (χ2n) is 7.49. The molecule has 2 bridgehead atoms. The number of piperidine rings is 1. The van der Waals surface area contributed by atoms with Crippen LogP contribution in [0, 0.1) is 5.92 Å². The van der Waals surface area contributed by atoms with Crippen molar-refractivity contribution in [2.24, 2.45) is 5.92 Å². The number of rotatable bonds is 2. The van der Waals surface area contributed by atoms with Gasteiger partial charge in [-0.15, -0.1) is 0 Å². The molecule has 0 radical (unpaired) electrons. The number of likely N-dealkylation sites (N-methyl/N-ethyl adjacent to an activating group) is 1. The summed E-state index contributed by atoms with van der Waals surface area (Å²) in [6.45, 7) is 1.66. The van der Waals surface area contributed by atoms with E-state index in [0.29, 0.717) is 30.9 Å². The van der Waals surface area contributed by atoms with Crippen LogP contribution in [-0.4, -0.2) is 47.3 Å².